The van der Waals surface area contributed by atoms with Gasteiger partial charge >= 0.3 is 0 Å². The van der Waals surface area contributed by atoms with E-state index in [1.807, 2.05) is 0 Å². The zero-order chi connectivity index (χ0) is 7.61. The smallest absolute Gasteiger partial charge is 0.0561 e. The number of terminal acetylenes is 1. The van der Waals surface area contributed by atoms with E-state index in [9.17, 15) is 0 Å². The molecule has 1 heteroatoms. The molecule has 1 heterocycles. The Kier molecular flexibility index (Phi) is 2.01. The summed E-state index contributed by atoms with van der Waals surface area (Å²) in [5.41, 5.74) is 0.0949. The molecule has 1 aliphatic heterocycles. The van der Waals surface area contributed by atoms with Crippen molar-refractivity contribution >= 4 is 0 Å². The van der Waals surface area contributed by atoms with E-state index >= 15 is 0 Å². The van der Waals surface area contributed by atoms with Gasteiger partial charge in [0.1, 0.15) is 0 Å². The zero-order valence-corrected chi connectivity index (χ0v) is 6.68. The average Bonchev–Trinajstić information content (AvgIpc) is 1.88. The van der Waals surface area contributed by atoms with Gasteiger partial charge < -0.3 is 4.74 Å². The maximum Gasteiger partial charge on any atom is 0.0561 e. The quantitative estimate of drug-likeness (QED) is 0.464. The molecule has 2 atom stereocenters. The summed E-state index contributed by atoms with van der Waals surface area (Å²) in [5, 5.41) is 0. The Bertz CT molecular complexity index is 157. The summed E-state index contributed by atoms with van der Waals surface area (Å²) in [6, 6.07) is 0. The third-order valence-corrected chi connectivity index (χ3v) is 2.14. The molecular weight excluding hydrogens is 124 g/mol. The molecule has 0 N–H and O–H groups in total. The van der Waals surface area contributed by atoms with Gasteiger partial charge in [0.05, 0.1) is 6.10 Å². The summed E-state index contributed by atoms with van der Waals surface area (Å²) in [5.74, 6) is 2.83. The van der Waals surface area contributed by atoms with Gasteiger partial charge in [0, 0.05) is 12.0 Å². The number of hydrogen-bond acceptors (Lipinski definition) is 1. The van der Waals surface area contributed by atoms with Gasteiger partial charge in [-0.15, -0.1) is 12.3 Å². The minimum Gasteiger partial charge on any atom is -0.378 e. The van der Waals surface area contributed by atoms with E-state index in [1.165, 1.54) is 0 Å². The Morgan fingerprint density at radius 1 is 1.70 bits per heavy atom. The molecule has 0 saturated carbocycles. The SMILES string of the molecule is C#C[C@]1(C)CCO[C@H](C)C1. The lowest BCUT2D eigenvalue weighted by Gasteiger charge is -2.32. The first-order valence-electron chi connectivity index (χ1n) is 3.76. The fraction of sp³-hybridized carbons (Fsp3) is 0.778. The van der Waals surface area contributed by atoms with Crippen molar-refractivity contribution < 1.29 is 4.74 Å². The molecule has 0 amide bonds. The monoisotopic (exact) mass is 138 g/mol. The predicted octanol–water partition coefficient (Wildman–Crippen LogP) is 1.82. The molecule has 56 valence electrons. The lowest BCUT2D eigenvalue weighted by atomic mass is 9.81. The lowest BCUT2D eigenvalue weighted by molar-refractivity contribution is -0.0123. The summed E-state index contributed by atoms with van der Waals surface area (Å²) >= 11 is 0. The standard InChI is InChI=1S/C9H14O/c1-4-9(3)5-6-10-8(2)7-9/h1,8H,5-7H2,2-3H3/t8-,9-/m1/s1. The Labute approximate surface area is 62.8 Å². The second-order valence-electron chi connectivity index (χ2n) is 3.34. The van der Waals surface area contributed by atoms with E-state index in [0.717, 1.165) is 19.4 Å². The second kappa shape index (κ2) is 2.64. The molecule has 0 aromatic carbocycles. The van der Waals surface area contributed by atoms with Crippen LogP contribution < -0.4 is 0 Å². The first-order chi connectivity index (χ1) is 4.66. The van der Waals surface area contributed by atoms with E-state index in [-0.39, 0.29) is 5.41 Å². The van der Waals surface area contributed by atoms with Crippen molar-refractivity contribution in [3.8, 4) is 12.3 Å². The van der Waals surface area contributed by atoms with E-state index in [2.05, 4.69) is 19.8 Å². The Morgan fingerprint density at radius 2 is 2.40 bits per heavy atom. The lowest BCUT2D eigenvalue weighted by Crippen LogP contribution is -2.30. The van der Waals surface area contributed by atoms with Crippen LogP contribution in [-0.2, 0) is 4.74 Å². The summed E-state index contributed by atoms with van der Waals surface area (Å²) < 4.78 is 5.38. The van der Waals surface area contributed by atoms with E-state index < -0.39 is 0 Å². The van der Waals surface area contributed by atoms with E-state index in [1.54, 1.807) is 0 Å². The van der Waals surface area contributed by atoms with Crippen LogP contribution in [0.2, 0.25) is 0 Å². The highest BCUT2D eigenvalue weighted by atomic mass is 16.5. The van der Waals surface area contributed by atoms with Crippen LogP contribution in [0, 0.1) is 17.8 Å². The van der Waals surface area contributed by atoms with Crippen LogP contribution in [-0.4, -0.2) is 12.7 Å². The van der Waals surface area contributed by atoms with Gasteiger partial charge in [-0.1, -0.05) is 0 Å². The van der Waals surface area contributed by atoms with E-state index in [0.29, 0.717) is 6.10 Å². The molecule has 0 unspecified atom stereocenters. The Morgan fingerprint density at radius 3 is 2.80 bits per heavy atom. The molecule has 0 bridgehead atoms. The van der Waals surface area contributed by atoms with Crippen LogP contribution in [0.3, 0.4) is 0 Å². The Balaban J connectivity index is 2.56. The summed E-state index contributed by atoms with van der Waals surface area (Å²) in [6.45, 7) is 5.03. The summed E-state index contributed by atoms with van der Waals surface area (Å²) in [7, 11) is 0. The fourth-order valence-corrected chi connectivity index (χ4v) is 1.41. The maximum atomic E-state index is 5.39. The molecule has 0 radical (unpaired) electrons. The highest BCUT2D eigenvalue weighted by Crippen LogP contribution is 2.31. The highest BCUT2D eigenvalue weighted by molar-refractivity contribution is 5.04. The zero-order valence-electron chi connectivity index (χ0n) is 6.68. The molecule has 1 fully saturated rings. The number of hydrogen-bond donors (Lipinski definition) is 0. The van der Waals surface area contributed by atoms with Crippen molar-refractivity contribution in [2.45, 2.75) is 32.8 Å². The first kappa shape index (κ1) is 7.63. The molecular formula is C9H14O. The van der Waals surface area contributed by atoms with Gasteiger partial charge in [0.15, 0.2) is 0 Å². The van der Waals surface area contributed by atoms with Gasteiger partial charge in [-0.3, -0.25) is 0 Å². The van der Waals surface area contributed by atoms with Crippen LogP contribution in [0.1, 0.15) is 26.7 Å². The van der Waals surface area contributed by atoms with Crippen LogP contribution in [0.15, 0.2) is 0 Å². The molecule has 10 heavy (non-hydrogen) atoms. The molecule has 0 spiro atoms. The maximum absolute atomic E-state index is 5.39. The van der Waals surface area contributed by atoms with Crippen LogP contribution >= 0.6 is 0 Å². The molecule has 0 aromatic heterocycles. The summed E-state index contributed by atoms with van der Waals surface area (Å²) in [4.78, 5) is 0. The number of ether oxygens (including phenoxy) is 1. The molecule has 0 aromatic rings. The van der Waals surface area contributed by atoms with Gasteiger partial charge in [-0.2, -0.15) is 0 Å². The highest BCUT2D eigenvalue weighted by Gasteiger charge is 2.28. The molecule has 0 aliphatic carbocycles. The largest absolute Gasteiger partial charge is 0.378 e. The predicted molar refractivity (Wildman–Crippen MR) is 41.6 cm³/mol. The minimum absolute atomic E-state index is 0.0949. The molecule has 1 rings (SSSR count). The van der Waals surface area contributed by atoms with Crippen molar-refractivity contribution in [1.82, 2.24) is 0 Å². The summed E-state index contributed by atoms with van der Waals surface area (Å²) in [6.07, 6.45) is 7.75. The van der Waals surface area contributed by atoms with Gasteiger partial charge in [0.25, 0.3) is 0 Å². The van der Waals surface area contributed by atoms with Crippen molar-refractivity contribution in [1.29, 1.82) is 0 Å². The van der Waals surface area contributed by atoms with Crippen LogP contribution in [0.25, 0.3) is 0 Å². The van der Waals surface area contributed by atoms with Crippen LogP contribution in [0.5, 0.6) is 0 Å². The van der Waals surface area contributed by atoms with Gasteiger partial charge in [-0.05, 0) is 26.7 Å². The third kappa shape index (κ3) is 1.52. The fourth-order valence-electron chi connectivity index (χ4n) is 1.41. The van der Waals surface area contributed by atoms with Gasteiger partial charge in [0.2, 0.25) is 0 Å². The van der Waals surface area contributed by atoms with Crippen molar-refractivity contribution in [2.75, 3.05) is 6.61 Å². The van der Waals surface area contributed by atoms with Gasteiger partial charge in [-0.25, -0.2) is 0 Å². The third-order valence-electron chi connectivity index (χ3n) is 2.14. The Hall–Kier alpha value is -0.480. The number of rotatable bonds is 0. The molecule has 1 nitrogen and oxygen atoms in total. The normalized spacial score (nSPS) is 40.7. The van der Waals surface area contributed by atoms with E-state index in [4.69, 9.17) is 11.2 Å². The molecule has 1 saturated heterocycles. The average molecular weight is 138 g/mol. The van der Waals surface area contributed by atoms with Crippen molar-refractivity contribution in [3.05, 3.63) is 0 Å². The minimum atomic E-state index is 0.0949. The second-order valence-corrected chi connectivity index (χ2v) is 3.34. The molecule has 1 aliphatic rings. The van der Waals surface area contributed by atoms with Crippen molar-refractivity contribution in [3.63, 3.8) is 0 Å². The first-order valence-corrected chi connectivity index (χ1v) is 3.76. The van der Waals surface area contributed by atoms with Crippen LogP contribution in [0.4, 0.5) is 0 Å². The van der Waals surface area contributed by atoms with Crippen molar-refractivity contribution in [2.24, 2.45) is 5.41 Å². The topological polar surface area (TPSA) is 9.23 Å².